The maximum Gasteiger partial charge on any atom is 0.238 e. The van der Waals surface area contributed by atoms with Crippen LogP contribution in [0.4, 0.5) is 0 Å². The third-order valence-corrected chi connectivity index (χ3v) is 4.53. The van der Waals surface area contributed by atoms with E-state index in [9.17, 15) is 13.2 Å². The summed E-state index contributed by atoms with van der Waals surface area (Å²) >= 11 is 0. The second-order valence-corrected chi connectivity index (χ2v) is 6.92. The lowest BCUT2D eigenvalue weighted by Crippen LogP contribution is -2.49. The highest BCUT2D eigenvalue weighted by Gasteiger charge is 2.34. The molecule has 2 rings (SSSR count). The Morgan fingerprint density at radius 2 is 1.85 bits per heavy atom. The maximum absolute atomic E-state index is 11.7. The number of benzene rings is 1. The van der Waals surface area contributed by atoms with Gasteiger partial charge in [-0.2, -0.15) is 0 Å². The van der Waals surface area contributed by atoms with Crippen molar-refractivity contribution in [3.63, 3.8) is 0 Å². The predicted molar refractivity (Wildman–Crippen MR) is 75.0 cm³/mol. The lowest BCUT2D eigenvalue weighted by atomic mass is 9.75. The van der Waals surface area contributed by atoms with E-state index in [4.69, 9.17) is 10.9 Å². The van der Waals surface area contributed by atoms with Crippen molar-refractivity contribution < 1.29 is 13.2 Å². The minimum absolute atomic E-state index is 0.0583. The lowest BCUT2D eigenvalue weighted by molar-refractivity contribution is -0.123. The Morgan fingerprint density at radius 1 is 1.25 bits per heavy atom. The van der Waals surface area contributed by atoms with Gasteiger partial charge in [0.05, 0.1) is 4.90 Å². The van der Waals surface area contributed by atoms with Crippen LogP contribution in [0.2, 0.25) is 0 Å². The lowest BCUT2D eigenvalue weighted by Gasteiger charge is -2.37. The van der Waals surface area contributed by atoms with Gasteiger partial charge >= 0.3 is 0 Å². The monoisotopic (exact) mass is 297 g/mol. The number of amides is 1. The SMILES string of the molecule is NC1(CC(=O)NCc2ccc(S(N)(=O)=O)cc2)CCC1. The zero-order chi connectivity index (χ0) is 14.8. The smallest absolute Gasteiger partial charge is 0.238 e. The van der Waals surface area contributed by atoms with Gasteiger partial charge in [0, 0.05) is 18.5 Å². The van der Waals surface area contributed by atoms with Crippen LogP contribution in [0.3, 0.4) is 0 Å². The van der Waals surface area contributed by atoms with Gasteiger partial charge in [0.1, 0.15) is 0 Å². The third kappa shape index (κ3) is 3.78. The molecule has 0 bridgehead atoms. The number of nitrogens with one attached hydrogen (secondary N) is 1. The fraction of sp³-hybridized carbons (Fsp3) is 0.462. The van der Waals surface area contributed by atoms with Gasteiger partial charge in [-0.25, -0.2) is 13.6 Å². The molecule has 0 radical (unpaired) electrons. The summed E-state index contributed by atoms with van der Waals surface area (Å²) in [5.74, 6) is -0.0808. The Hall–Kier alpha value is -1.44. The van der Waals surface area contributed by atoms with Gasteiger partial charge in [0.25, 0.3) is 0 Å². The topological polar surface area (TPSA) is 115 Å². The number of sulfonamides is 1. The van der Waals surface area contributed by atoms with Crippen LogP contribution >= 0.6 is 0 Å². The van der Waals surface area contributed by atoms with Crippen molar-refractivity contribution in [2.24, 2.45) is 10.9 Å². The molecule has 1 saturated carbocycles. The first kappa shape index (κ1) is 15.0. The van der Waals surface area contributed by atoms with Gasteiger partial charge in [0.2, 0.25) is 15.9 Å². The third-order valence-electron chi connectivity index (χ3n) is 3.60. The zero-order valence-electron chi connectivity index (χ0n) is 11.1. The van der Waals surface area contributed by atoms with Crippen LogP contribution in [0.5, 0.6) is 0 Å². The molecule has 1 aromatic carbocycles. The largest absolute Gasteiger partial charge is 0.352 e. The molecule has 0 spiro atoms. The number of primary sulfonamides is 1. The van der Waals surface area contributed by atoms with Crippen LogP contribution < -0.4 is 16.2 Å². The van der Waals surface area contributed by atoms with Crippen LogP contribution in [0.15, 0.2) is 29.2 Å². The van der Waals surface area contributed by atoms with Gasteiger partial charge in [-0.15, -0.1) is 0 Å². The standard InChI is InChI=1S/C13H19N3O3S/c14-13(6-1-7-13)8-12(17)16-9-10-2-4-11(5-3-10)20(15,18)19/h2-5H,1,6-9,14H2,(H,16,17)(H2,15,18,19). The van der Waals surface area contributed by atoms with Gasteiger partial charge in [-0.1, -0.05) is 12.1 Å². The highest BCUT2D eigenvalue weighted by Crippen LogP contribution is 2.31. The molecule has 110 valence electrons. The quantitative estimate of drug-likeness (QED) is 0.721. The average Bonchev–Trinajstić information content (AvgIpc) is 2.34. The summed E-state index contributed by atoms with van der Waals surface area (Å²) in [6.45, 7) is 0.347. The molecular weight excluding hydrogens is 278 g/mol. The number of hydrogen-bond acceptors (Lipinski definition) is 4. The van der Waals surface area contributed by atoms with Crippen molar-refractivity contribution in [1.82, 2.24) is 5.32 Å². The molecular formula is C13H19N3O3S. The van der Waals surface area contributed by atoms with Gasteiger partial charge in [0.15, 0.2) is 0 Å². The fourth-order valence-electron chi connectivity index (χ4n) is 2.19. The molecule has 0 atom stereocenters. The van der Waals surface area contributed by atoms with Crippen molar-refractivity contribution in [2.75, 3.05) is 0 Å². The molecule has 7 heteroatoms. The van der Waals surface area contributed by atoms with Gasteiger partial charge in [-0.05, 0) is 37.0 Å². The van der Waals surface area contributed by atoms with Crippen LogP contribution in [-0.2, 0) is 21.4 Å². The Balaban J connectivity index is 1.86. The van der Waals surface area contributed by atoms with E-state index in [1.807, 2.05) is 0 Å². The van der Waals surface area contributed by atoms with Crippen LogP contribution in [0.1, 0.15) is 31.2 Å². The Labute approximate surface area is 118 Å². The second-order valence-electron chi connectivity index (χ2n) is 5.36. The first-order valence-electron chi connectivity index (χ1n) is 6.46. The van der Waals surface area contributed by atoms with Crippen molar-refractivity contribution in [2.45, 2.75) is 42.7 Å². The van der Waals surface area contributed by atoms with E-state index < -0.39 is 10.0 Å². The highest BCUT2D eigenvalue weighted by atomic mass is 32.2. The fourth-order valence-corrected chi connectivity index (χ4v) is 2.70. The molecule has 0 heterocycles. The molecule has 1 aliphatic rings. The number of carbonyl (C=O) groups excluding carboxylic acids is 1. The minimum Gasteiger partial charge on any atom is -0.352 e. The van der Waals surface area contributed by atoms with E-state index in [0.29, 0.717) is 13.0 Å². The summed E-state index contributed by atoms with van der Waals surface area (Å²) in [6.07, 6.45) is 3.20. The number of hydrogen-bond donors (Lipinski definition) is 3. The van der Waals surface area contributed by atoms with Crippen LogP contribution in [0, 0.1) is 0 Å². The summed E-state index contributed by atoms with van der Waals surface area (Å²) < 4.78 is 22.2. The molecule has 1 aromatic rings. The van der Waals surface area contributed by atoms with Gasteiger partial charge in [-0.3, -0.25) is 4.79 Å². The number of carbonyl (C=O) groups is 1. The normalized spacial score (nSPS) is 17.3. The second kappa shape index (κ2) is 5.51. The van der Waals surface area contributed by atoms with Crippen LogP contribution in [-0.4, -0.2) is 19.9 Å². The molecule has 1 amide bonds. The van der Waals surface area contributed by atoms with Crippen molar-refractivity contribution in [3.05, 3.63) is 29.8 Å². The summed E-state index contributed by atoms with van der Waals surface area (Å²) in [4.78, 5) is 11.8. The number of rotatable bonds is 5. The van der Waals surface area contributed by atoms with E-state index in [0.717, 1.165) is 24.8 Å². The van der Waals surface area contributed by atoms with E-state index >= 15 is 0 Å². The highest BCUT2D eigenvalue weighted by molar-refractivity contribution is 7.89. The molecule has 20 heavy (non-hydrogen) atoms. The van der Waals surface area contributed by atoms with Crippen LogP contribution in [0.25, 0.3) is 0 Å². The molecule has 0 aliphatic heterocycles. The maximum atomic E-state index is 11.7. The molecule has 5 N–H and O–H groups in total. The number of nitrogens with two attached hydrogens (primary N) is 2. The Bertz CT molecular complexity index is 592. The van der Waals surface area contributed by atoms with E-state index in [2.05, 4.69) is 5.32 Å². The van der Waals surface area contributed by atoms with E-state index in [1.165, 1.54) is 12.1 Å². The first-order valence-corrected chi connectivity index (χ1v) is 8.00. The minimum atomic E-state index is -3.67. The molecule has 0 unspecified atom stereocenters. The van der Waals surface area contributed by atoms with Crippen molar-refractivity contribution >= 4 is 15.9 Å². The summed E-state index contributed by atoms with van der Waals surface area (Å²) in [5.41, 5.74) is 6.48. The molecule has 6 nitrogen and oxygen atoms in total. The Morgan fingerprint density at radius 3 is 2.30 bits per heavy atom. The van der Waals surface area contributed by atoms with E-state index in [1.54, 1.807) is 12.1 Å². The van der Waals surface area contributed by atoms with Crippen molar-refractivity contribution in [3.8, 4) is 0 Å². The first-order chi connectivity index (χ1) is 9.28. The predicted octanol–water partition coefficient (Wildman–Crippen LogP) is 0.222. The van der Waals surface area contributed by atoms with Gasteiger partial charge < -0.3 is 11.1 Å². The Kier molecular flexibility index (Phi) is 4.12. The summed E-state index contributed by atoms with van der Waals surface area (Å²) in [6, 6.07) is 6.10. The molecule has 1 fully saturated rings. The molecule has 0 aromatic heterocycles. The summed E-state index contributed by atoms with van der Waals surface area (Å²) in [7, 11) is -3.67. The molecule has 0 saturated heterocycles. The van der Waals surface area contributed by atoms with E-state index in [-0.39, 0.29) is 16.3 Å². The van der Waals surface area contributed by atoms with Crippen molar-refractivity contribution in [1.29, 1.82) is 0 Å². The zero-order valence-corrected chi connectivity index (χ0v) is 11.9. The average molecular weight is 297 g/mol. The molecule has 1 aliphatic carbocycles. The summed E-state index contributed by atoms with van der Waals surface area (Å²) in [5, 5.41) is 7.79.